The van der Waals surface area contributed by atoms with Gasteiger partial charge < -0.3 is 10.1 Å². The molecule has 2 aliphatic rings. The fourth-order valence-corrected chi connectivity index (χ4v) is 4.29. The van der Waals surface area contributed by atoms with E-state index in [-0.39, 0.29) is 28.5 Å². The highest BCUT2D eigenvalue weighted by Crippen LogP contribution is 2.51. The largest absolute Gasteiger partial charge is 0.489 e. The van der Waals surface area contributed by atoms with E-state index in [2.05, 4.69) is 30.1 Å². The number of non-ortho nitro benzene ring substituents is 1. The van der Waals surface area contributed by atoms with Gasteiger partial charge in [-0.05, 0) is 54.7 Å². The minimum absolute atomic E-state index is 0.0537. The summed E-state index contributed by atoms with van der Waals surface area (Å²) in [5.41, 5.74) is 3.97. The summed E-state index contributed by atoms with van der Waals surface area (Å²) in [5.74, 6) is 1.27. The van der Waals surface area contributed by atoms with Crippen molar-refractivity contribution in [2.24, 2.45) is 5.92 Å². The quantitative estimate of drug-likeness (QED) is 0.380. The highest BCUT2D eigenvalue weighted by Gasteiger charge is 2.39. The molecule has 0 aromatic heterocycles. The number of nitrogens with one attached hydrogen (secondary N) is 1. The topological polar surface area (TPSA) is 64.4 Å². The van der Waals surface area contributed by atoms with Gasteiger partial charge in [0.25, 0.3) is 5.69 Å². The van der Waals surface area contributed by atoms with E-state index >= 15 is 0 Å². The van der Waals surface area contributed by atoms with Gasteiger partial charge >= 0.3 is 0 Å². The van der Waals surface area contributed by atoms with Gasteiger partial charge in [0.2, 0.25) is 0 Å². The molecule has 0 bridgehead atoms. The van der Waals surface area contributed by atoms with E-state index < -0.39 is 0 Å². The van der Waals surface area contributed by atoms with Crippen molar-refractivity contribution >= 4 is 23.0 Å². The molecule has 3 atom stereocenters. The Balaban J connectivity index is 1.71. The second kappa shape index (κ2) is 7.32. The van der Waals surface area contributed by atoms with E-state index in [1.54, 1.807) is 12.1 Å². The SMILES string of the molecule is C=C(C)COc1ccc2c(c1)C1C=CCC1C(c1cc([N+](=O)[O-])ccc1Cl)N2. The van der Waals surface area contributed by atoms with Crippen molar-refractivity contribution in [1.82, 2.24) is 0 Å². The lowest BCUT2D eigenvalue weighted by atomic mass is 9.77. The Morgan fingerprint density at radius 1 is 1.32 bits per heavy atom. The smallest absolute Gasteiger partial charge is 0.269 e. The summed E-state index contributed by atoms with van der Waals surface area (Å²) in [5, 5.41) is 15.3. The molecule has 0 fully saturated rings. The molecule has 0 saturated carbocycles. The molecule has 28 heavy (non-hydrogen) atoms. The summed E-state index contributed by atoms with van der Waals surface area (Å²) in [4.78, 5) is 10.8. The Labute approximate surface area is 168 Å². The number of nitro benzene ring substituents is 1. The number of fused-ring (bicyclic) bond motifs is 3. The molecule has 0 saturated heterocycles. The number of halogens is 1. The van der Waals surface area contributed by atoms with Crippen molar-refractivity contribution in [3.8, 4) is 5.75 Å². The zero-order chi connectivity index (χ0) is 19.8. The van der Waals surface area contributed by atoms with Crippen LogP contribution in [0.3, 0.4) is 0 Å². The molecule has 2 aromatic carbocycles. The van der Waals surface area contributed by atoms with Crippen molar-refractivity contribution in [3.63, 3.8) is 0 Å². The van der Waals surface area contributed by atoms with Gasteiger partial charge in [-0.1, -0.05) is 30.3 Å². The van der Waals surface area contributed by atoms with Gasteiger partial charge in [-0.3, -0.25) is 10.1 Å². The van der Waals surface area contributed by atoms with E-state index in [1.807, 2.05) is 19.1 Å². The van der Waals surface area contributed by atoms with Gasteiger partial charge in [0.15, 0.2) is 0 Å². The number of hydrogen-bond donors (Lipinski definition) is 1. The third-order valence-corrected chi connectivity index (χ3v) is 5.69. The molecule has 4 rings (SSSR count). The number of ether oxygens (including phenoxy) is 1. The maximum absolute atomic E-state index is 11.2. The monoisotopic (exact) mass is 396 g/mol. The number of nitro groups is 1. The van der Waals surface area contributed by atoms with E-state index in [1.165, 1.54) is 11.6 Å². The molecule has 1 heterocycles. The Morgan fingerprint density at radius 3 is 2.89 bits per heavy atom. The molecule has 3 unspecified atom stereocenters. The van der Waals surface area contributed by atoms with Crippen molar-refractivity contribution in [2.45, 2.75) is 25.3 Å². The van der Waals surface area contributed by atoms with Crippen LogP contribution in [0.15, 0.2) is 60.7 Å². The van der Waals surface area contributed by atoms with Gasteiger partial charge in [0, 0.05) is 34.3 Å². The van der Waals surface area contributed by atoms with Crippen molar-refractivity contribution in [2.75, 3.05) is 11.9 Å². The summed E-state index contributed by atoms with van der Waals surface area (Å²) in [6, 6.07) is 10.6. The average molecular weight is 397 g/mol. The zero-order valence-corrected chi connectivity index (χ0v) is 16.3. The maximum atomic E-state index is 11.2. The third kappa shape index (κ3) is 3.38. The van der Waals surface area contributed by atoms with E-state index in [4.69, 9.17) is 16.3 Å². The van der Waals surface area contributed by atoms with Crippen LogP contribution in [0.2, 0.25) is 5.02 Å². The minimum Gasteiger partial charge on any atom is -0.489 e. The average Bonchev–Trinajstić information content (AvgIpc) is 3.16. The van der Waals surface area contributed by atoms with Crippen molar-refractivity contribution in [3.05, 3.63) is 87.0 Å². The molecule has 5 nitrogen and oxygen atoms in total. The first-order valence-electron chi connectivity index (χ1n) is 9.22. The summed E-state index contributed by atoms with van der Waals surface area (Å²) in [6.07, 6.45) is 5.27. The van der Waals surface area contributed by atoms with Crippen LogP contribution in [0.25, 0.3) is 0 Å². The Bertz CT molecular complexity index is 986. The number of rotatable bonds is 5. The van der Waals surface area contributed by atoms with Crippen LogP contribution in [0, 0.1) is 16.0 Å². The molecule has 1 aliphatic heterocycles. The molecule has 6 heteroatoms. The van der Waals surface area contributed by atoms with E-state index in [0.717, 1.165) is 29.0 Å². The number of allylic oxidation sites excluding steroid dienone is 2. The van der Waals surface area contributed by atoms with Gasteiger partial charge in [-0.2, -0.15) is 0 Å². The van der Waals surface area contributed by atoms with Crippen LogP contribution in [-0.2, 0) is 0 Å². The number of anilines is 1. The molecular formula is C22H21ClN2O3. The number of nitrogens with zero attached hydrogens (tertiary/aromatic N) is 1. The highest BCUT2D eigenvalue weighted by atomic mass is 35.5. The first-order chi connectivity index (χ1) is 13.4. The van der Waals surface area contributed by atoms with Gasteiger partial charge in [-0.25, -0.2) is 0 Å². The normalized spacial score (nSPS) is 22.1. The predicted molar refractivity (Wildman–Crippen MR) is 111 cm³/mol. The zero-order valence-electron chi connectivity index (χ0n) is 15.5. The molecule has 0 spiro atoms. The fourth-order valence-electron chi connectivity index (χ4n) is 4.06. The standard InChI is InChI=1S/C22H21ClN2O3/c1-13(2)12-28-15-7-9-21-18(11-15)16-4-3-5-17(16)22(24-21)19-10-14(25(26)27)6-8-20(19)23/h3-4,6-11,16-17,22,24H,1,5,12H2,2H3. The lowest BCUT2D eigenvalue weighted by Gasteiger charge is -2.38. The Kier molecular flexibility index (Phi) is 4.85. The molecule has 0 radical (unpaired) electrons. The highest BCUT2D eigenvalue weighted by molar-refractivity contribution is 6.31. The van der Waals surface area contributed by atoms with Crippen molar-refractivity contribution in [1.29, 1.82) is 0 Å². The molecule has 144 valence electrons. The molecule has 2 aromatic rings. The second-order valence-corrected chi connectivity index (χ2v) is 7.84. The summed E-state index contributed by atoms with van der Waals surface area (Å²) in [6.45, 7) is 6.29. The fraction of sp³-hybridized carbons (Fsp3) is 0.273. The maximum Gasteiger partial charge on any atom is 0.269 e. The van der Waals surface area contributed by atoms with Crippen LogP contribution in [0.5, 0.6) is 5.75 Å². The summed E-state index contributed by atoms with van der Waals surface area (Å²) in [7, 11) is 0. The lowest BCUT2D eigenvalue weighted by molar-refractivity contribution is -0.384. The molecule has 1 N–H and O–H groups in total. The first-order valence-corrected chi connectivity index (χ1v) is 9.60. The summed E-state index contributed by atoms with van der Waals surface area (Å²) < 4.78 is 5.81. The number of benzene rings is 2. The Hall–Kier alpha value is -2.79. The lowest BCUT2D eigenvalue weighted by Crippen LogP contribution is -2.29. The predicted octanol–water partition coefficient (Wildman–Crippen LogP) is 6.03. The molecule has 0 amide bonds. The third-order valence-electron chi connectivity index (χ3n) is 5.34. The van der Waals surface area contributed by atoms with Crippen molar-refractivity contribution < 1.29 is 9.66 Å². The van der Waals surface area contributed by atoms with Crippen LogP contribution in [-0.4, -0.2) is 11.5 Å². The first kappa shape index (κ1) is 18.6. The molecule has 1 aliphatic carbocycles. The summed E-state index contributed by atoms with van der Waals surface area (Å²) >= 11 is 6.44. The van der Waals surface area contributed by atoms with Crippen LogP contribution >= 0.6 is 11.6 Å². The van der Waals surface area contributed by atoms with Gasteiger partial charge in [0.1, 0.15) is 12.4 Å². The van der Waals surface area contributed by atoms with E-state index in [9.17, 15) is 10.1 Å². The number of hydrogen-bond acceptors (Lipinski definition) is 4. The van der Waals surface area contributed by atoms with Crippen LogP contribution in [0.1, 0.15) is 36.4 Å². The van der Waals surface area contributed by atoms with Crippen LogP contribution < -0.4 is 10.1 Å². The minimum atomic E-state index is -0.383. The van der Waals surface area contributed by atoms with Crippen LogP contribution in [0.4, 0.5) is 11.4 Å². The second-order valence-electron chi connectivity index (χ2n) is 7.43. The van der Waals surface area contributed by atoms with Gasteiger partial charge in [-0.15, -0.1) is 0 Å². The van der Waals surface area contributed by atoms with Gasteiger partial charge in [0.05, 0.1) is 11.0 Å². The van der Waals surface area contributed by atoms with E-state index in [0.29, 0.717) is 11.6 Å². The Morgan fingerprint density at radius 2 is 2.14 bits per heavy atom. The molecular weight excluding hydrogens is 376 g/mol.